The quantitative estimate of drug-likeness (QED) is 0.173. The summed E-state index contributed by atoms with van der Waals surface area (Å²) in [7, 11) is 0. The zero-order valence-corrected chi connectivity index (χ0v) is 29.3. The van der Waals surface area contributed by atoms with Crippen LogP contribution in [0, 0.1) is 10.4 Å². The zero-order chi connectivity index (χ0) is 35.8. The first kappa shape index (κ1) is 31.4. The van der Waals surface area contributed by atoms with Crippen molar-refractivity contribution in [3.05, 3.63) is 238 Å². The third-order valence-corrected chi connectivity index (χ3v) is 10.5. The first-order valence-electron chi connectivity index (χ1n) is 18.1. The lowest BCUT2D eigenvalue weighted by Crippen LogP contribution is -2.14. The summed E-state index contributed by atoms with van der Waals surface area (Å²) >= 11 is 0. The highest BCUT2D eigenvalue weighted by Gasteiger charge is 2.17. The number of rotatable bonds is 4. The van der Waals surface area contributed by atoms with Gasteiger partial charge >= 0.3 is 0 Å². The molecule has 0 bridgehead atoms. The van der Waals surface area contributed by atoms with Crippen LogP contribution < -0.4 is 10.4 Å². The first-order chi connectivity index (χ1) is 26.9. The van der Waals surface area contributed by atoms with Crippen molar-refractivity contribution in [1.82, 2.24) is 19.9 Å². The van der Waals surface area contributed by atoms with Gasteiger partial charge < -0.3 is 0 Å². The summed E-state index contributed by atoms with van der Waals surface area (Å²) in [5.41, 5.74) is 6.73. The first-order valence-corrected chi connectivity index (χ1v) is 18.1. The van der Waals surface area contributed by atoms with E-state index in [1.165, 1.54) is 64.0 Å². The van der Waals surface area contributed by atoms with Crippen LogP contribution in [0.15, 0.2) is 195 Å². The van der Waals surface area contributed by atoms with Gasteiger partial charge in [-0.25, -0.2) is 0 Å². The fraction of sp³-hybridized carbons (Fsp3) is 0. The third-order valence-electron chi connectivity index (χ3n) is 10.5. The molecule has 10 rings (SSSR count). The molecule has 4 heteroatoms. The van der Waals surface area contributed by atoms with E-state index in [1.54, 1.807) is 0 Å². The molecule has 0 N–H and O–H groups in total. The van der Waals surface area contributed by atoms with Gasteiger partial charge in [0.1, 0.15) is 0 Å². The van der Waals surface area contributed by atoms with Crippen LogP contribution in [0.3, 0.4) is 0 Å². The average Bonchev–Trinajstić information content (AvgIpc) is 3.25. The molecule has 4 heterocycles. The van der Waals surface area contributed by atoms with Crippen molar-refractivity contribution in [3.63, 3.8) is 0 Å². The normalized spacial score (nSPS) is 11.3. The maximum absolute atomic E-state index is 4.38. The van der Waals surface area contributed by atoms with Crippen molar-refractivity contribution in [2.75, 3.05) is 0 Å². The van der Waals surface area contributed by atoms with Crippen LogP contribution in [-0.2, 0) is 0 Å². The van der Waals surface area contributed by atoms with Crippen LogP contribution in [0.1, 0.15) is 22.3 Å². The van der Waals surface area contributed by atoms with Gasteiger partial charge in [-0.1, -0.05) is 97.1 Å². The molecule has 0 saturated heterocycles. The van der Waals surface area contributed by atoms with Crippen molar-refractivity contribution >= 4 is 54.2 Å². The Bertz CT molecular complexity index is 2810. The number of benzene rings is 6. The predicted octanol–water partition coefficient (Wildman–Crippen LogP) is 9.66. The van der Waals surface area contributed by atoms with E-state index in [4.69, 9.17) is 0 Å². The average molecular weight is 689 g/mol. The van der Waals surface area contributed by atoms with E-state index in [2.05, 4.69) is 166 Å². The van der Waals surface area contributed by atoms with Gasteiger partial charge in [0.05, 0.1) is 0 Å². The molecular weight excluding hydrogens is 657 g/mol. The molecule has 4 nitrogen and oxygen atoms in total. The summed E-state index contributed by atoms with van der Waals surface area (Å²) in [6, 6.07) is 52.4. The lowest BCUT2D eigenvalue weighted by Gasteiger charge is -2.16. The minimum absolute atomic E-state index is 1.11. The lowest BCUT2D eigenvalue weighted by molar-refractivity contribution is 1.29. The molecule has 0 atom stereocenters. The summed E-state index contributed by atoms with van der Waals surface area (Å²) < 4.78 is 0. The fourth-order valence-corrected chi connectivity index (χ4v) is 8.32. The minimum Gasteiger partial charge on any atom is -0.265 e. The number of hydrogen-bond donors (Lipinski definition) is 0. The van der Waals surface area contributed by atoms with Crippen LogP contribution in [0.4, 0.5) is 0 Å². The second-order valence-electron chi connectivity index (χ2n) is 13.4. The maximum atomic E-state index is 4.38. The molecule has 0 spiro atoms. The zero-order valence-electron chi connectivity index (χ0n) is 29.3. The Kier molecular flexibility index (Phi) is 7.77. The fourth-order valence-electron chi connectivity index (χ4n) is 8.32. The Morgan fingerprint density at radius 1 is 0.241 bits per heavy atom. The summed E-state index contributed by atoms with van der Waals surface area (Å²) in [6.45, 7) is 0. The molecule has 0 amide bonds. The van der Waals surface area contributed by atoms with E-state index < -0.39 is 0 Å². The highest BCUT2D eigenvalue weighted by molar-refractivity contribution is 6.08. The van der Waals surface area contributed by atoms with E-state index in [-0.39, 0.29) is 0 Å². The summed E-state index contributed by atoms with van der Waals surface area (Å²) in [5, 5.41) is 14.4. The van der Waals surface area contributed by atoms with Crippen LogP contribution >= 0.6 is 0 Å². The molecule has 0 unspecified atom stereocenters. The summed E-state index contributed by atoms with van der Waals surface area (Å²) in [6.07, 6.45) is 15.0. The molecule has 252 valence electrons. The smallest absolute Gasteiger partial charge is 0.0273 e. The van der Waals surface area contributed by atoms with Gasteiger partial charge in [0.25, 0.3) is 0 Å². The number of hydrogen-bond acceptors (Lipinski definition) is 4. The van der Waals surface area contributed by atoms with E-state index in [0.29, 0.717) is 0 Å². The highest BCUT2D eigenvalue weighted by atomic mass is 14.6. The van der Waals surface area contributed by atoms with Crippen molar-refractivity contribution in [2.24, 2.45) is 0 Å². The Morgan fingerprint density at radius 2 is 0.444 bits per heavy atom. The molecule has 0 aliphatic heterocycles. The van der Waals surface area contributed by atoms with Gasteiger partial charge in [-0.3, -0.25) is 19.9 Å². The van der Waals surface area contributed by atoms with Crippen molar-refractivity contribution in [1.29, 1.82) is 0 Å². The van der Waals surface area contributed by atoms with Gasteiger partial charge in [0.15, 0.2) is 0 Å². The van der Waals surface area contributed by atoms with Crippen LogP contribution in [0.2, 0.25) is 0 Å². The third kappa shape index (κ3) is 5.15. The standard InChI is InChI=1S/C50H32N4/c1-5-13-41-37(9-1)47(45(33-17-25-51-26-18-33)34-19-27-52-28-20-34)38-10-2-6-14-42(38)49(41)50-43-15-7-3-11-39(43)48(40-12-4-8-16-44(40)50)46(35-21-29-53-30-22-35)36-23-31-54-32-24-36/h1-32H. The van der Waals surface area contributed by atoms with Crippen molar-refractivity contribution < 1.29 is 0 Å². The van der Waals surface area contributed by atoms with Crippen LogP contribution in [0.25, 0.3) is 54.2 Å². The molecule has 54 heavy (non-hydrogen) atoms. The van der Waals surface area contributed by atoms with Crippen LogP contribution in [-0.4, -0.2) is 19.9 Å². The largest absolute Gasteiger partial charge is 0.265 e. The van der Waals surface area contributed by atoms with Crippen LogP contribution in [0.5, 0.6) is 0 Å². The van der Waals surface area contributed by atoms with Gasteiger partial charge in [-0.2, -0.15) is 0 Å². The molecule has 0 fully saturated rings. The molecule has 0 saturated carbocycles. The van der Waals surface area contributed by atoms with Gasteiger partial charge in [0, 0.05) is 49.6 Å². The number of fused-ring (bicyclic) bond motifs is 4. The Labute approximate surface area is 311 Å². The van der Waals surface area contributed by atoms with Gasteiger partial charge in [-0.05, 0) is 146 Å². The second-order valence-corrected chi connectivity index (χ2v) is 13.4. The highest BCUT2D eigenvalue weighted by Crippen LogP contribution is 2.32. The molecule has 10 aromatic rings. The Hall–Kier alpha value is -7.30. The van der Waals surface area contributed by atoms with Crippen molar-refractivity contribution in [3.8, 4) is 0 Å². The summed E-state index contributed by atoms with van der Waals surface area (Å²) in [5.74, 6) is 0. The number of aromatic nitrogens is 4. The van der Waals surface area contributed by atoms with E-state index in [0.717, 1.165) is 33.4 Å². The Morgan fingerprint density at radius 3 is 0.667 bits per heavy atom. The molecule has 4 aromatic heterocycles. The maximum Gasteiger partial charge on any atom is 0.0273 e. The molecule has 6 aromatic carbocycles. The Balaban J connectivity index is 1.54. The number of nitrogens with zero attached hydrogens (tertiary/aromatic N) is 4. The van der Waals surface area contributed by atoms with Gasteiger partial charge in [-0.15, -0.1) is 0 Å². The van der Waals surface area contributed by atoms with Gasteiger partial charge in [0.2, 0.25) is 0 Å². The predicted molar refractivity (Wildman–Crippen MR) is 220 cm³/mol. The topological polar surface area (TPSA) is 51.6 Å². The van der Waals surface area contributed by atoms with E-state index in [9.17, 15) is 0 Å². The van der Waals surface area contributed by atoms with E-state index in [1.807, 2.05) is 49.6 Å². The molecule has 0 radical (unpaired) electrons. The second kappa shape index (κ2) is 13.4. The lowest BCUT2D eigenvalue weighted by atomic mass is 9.87. The molecule has 0 aliphatic rings. The minimum atomic E-state index is 1.11. The van der Waals surface area contributed by atoms with Crippen molar-refractivity contribution in [2.45, 2.75) is 0 Å². The number of pyridine rings is 4. The molecule has 0 aliphatic carbocycles. The SMILES string of the molecule is c1ccc2c(=c3c4ccccc4c(=C(c4ccncc4)c4ccncc4)c4ccccc34)c3ccccc3c(=C(c3ccncc3)c3ccncc3)c2c1. The summed E-state index contributed by atoms with van der Waals surface area (Å²) in [4.78, 5) is 17.5. The monoisotopic (exact) mass is 688 g/mol. The molecular formula is C50H32N4. The van der Waals surface area contributed by atoms with E-state index >= 15 is 0 Å².